The molecule has 2 amide bonds. The number of hydrogen-bond acceptors (Lipinski definition) is 2. The van der Waals surface area contributed by atoms with Crippen LogP contribution >= 0.6 is 11.6 Å². The molecule has 0 N–H and O–H groups in total. The van der Waals surface area contributed by atoms with Gasteiger partial charge >= 0.3 is 0 Å². The minimum atomic E-state index is -0.00367. The maximum atomic E-state index is 12.1. The lowest BCUT2D eigenvalue weighted by Crippen LogP contribution is -2.36. The summed E-state index contributed by atoms with van der Waals surface area (Å²) < 4.78 is 0. The fourth-order valence-electron chi connectivity index (χ4n) is 2.32. The first-order valence-electron chi connectivity index (χ1n) is 8.18. The van der Waals surface area contributed by atoms with E-state index in [0.29, 0.717) is 24.5 Å². The molecule has 1 aromatic rings. The van der Waals surface area contributed by atoms with Crippen molar-refractivity contribution in [3.05, 3.63) is 34.9 Å². The van der Waals surface area contributed by atoms with Crippen LogP contribution in [0.5, 0.6) is 0 Å². The standard InChI is InChI=1S/C18H27ClN2O2/c1-4-5-11-20(3)18(23)10-13-21(15(2)22)12-9-16-7-6-8-17(19)14-16/h6-8,14H,4-5,9-13H2,1-3H3. The Bertz CT molecular complexity index is 519. The highest BCUT2D eigenvalue weighted by Crippen LogP contribution is 2.11. The predicted octanol–water partition coefficient (Wildman–Crippen LogP) is 3.38. The SMILES string of the molecule is CCCCN(C)C(=O)CCN(CCc1cccc(Cl)c1)C(C)=O. The molecule has 23 heavy (non-hydrogen) atoms. The number of nitrogens with zero attached hydrogens (tertiary/aromatic N) is 2. The predicted molar refractivity (Wildman–Crippen MR) is 94.6 cm³/mol. The van der Waals surface area contributed by atoms with E-state index in [9.17, 15) is 9.59 Å². The van der Waals surface area contributed by atoms with Gasteiger partial charge in [-0.25, -0.2) is 0 Å². The summed E-state index contributed by atoms with van der Waals surface area (Å²) in [6.45, 7) is 5.49. The quantitative estimate of drug-likeness (QED) is 0.692. The average molecular weight is 339 g/mol. The Morgan fingerprint density at radius 2 is 1.91 bits per heavy atom. The summed E-state index contributed by atoms with van der Waals surface area (Å²) in [6.07, 6.45) is 3.18. The van der Waals surface area contributed by atoms with Crippen LogP contribution in [0.1, 0.15) is 38.7 Å². The molecule has 0 aliphatic carbocycles. The van der Waals surface area contributed by atoms with Crippen molar-refractivity contribution >= 4 is 23.4 Å². The normalized spacial score (nSPS) is 10.4. The molecule has 1 rings (SSSR count). The van der Waals surface area contributed by atoms with Crippen molar-refractivity contribution in [2.24, 2.45) is 0 Å². The molecule has 0 spiro atoms. The van der Waals surface area contributed by atoms with Crippen LogP contribution in [-0.2, 0) is 16.0 Å². The first-order chi connectivity index (χ1) is 10.9. The van der Waals surface area contributed by atoms with Gasteiger partial charge in [0.25, 0.3) is 0 Å². The number of carbonyl (C=O) groups excluding carboxylic acids is 2. The van der Waals surface area contributed by atoms with Crippen LogP contribution < -0.4 is 0 Å². The molecule has 0 heterocycles. The Morgan fingerprint density at radius 1 is 1.17 bits per heavy atom. The minimum absolute atomic E-state index is 0.00367. The molecule has 0 atom stereocenters. The number of amides is 2. The third-order valence-corrected chi connectivity index (χ3v) is 4.11. The van der Waals surface area contributed by atoms with Crippen molar-refractivity contribution in [2.75, 3.05) is 26.7 Å². The molecule has 0 aliphatic rings. The van der Waals surface area contributed by atoms with E-state index < -0.39 is 0 Å². The summed E-state index contributed by atoms with van der Waals surface area (Å²) in [6, 6.07) is 7.64. The van der Waals surface area contributed by atoms with Gasteiger partial charge in [-0.3, -0.25) is 9.59 Å². The molecule has 0 aliphatic heterocycles. The number of hydrogen-bond donors (Lipinski definition) is 0. The van der Waals surface area contributed by atoms with Gasteiger partial charge in [-0.1, -0.05) is 37.1 Å². The highest BCUT2D eigenvalue weighted by atomic mass is 35.5. The summed E-state index contributed by atoms with van der Waals surface area (Å²) in [5.41, 5.74) is 1.09. The summed E-state index contributed by atoms with van der Waals surface area (Å²) in [5, 5.41) is 0.699. The van der Waals surface area contributed by atoms with Crippen LogP contribution in [0, 0.1) is 0 Å². The van der Waals surface area contributed by atoms with E-state index in [1.165, 1.54) is 0 Å². The van der Waals surface area contributed by atoms with E-state index in [-0.39, 0.29) is 11.8 Å². The molecule has 0 unspecified atom stereocenters. The van der Waals surface area contributed by atoms with Crippen LogP contribution in [0.25, 0.3) is 0 Å². The van der Waals surface area contributed by atoms with Gasteiger partial charge in [-0.05, 0) is 30.5 Å². The van der Waals surface area contributed by atoms with Crippen molar-refractivity contribution in [3.8, 4) is 0 Å². The molecule has 4 nitrogen and oxygen atoms in total. The van der Waals surface area contributed by atoms with Gasteiger partial charge in [-0.15, -0.1) is 0 Å². The number of halogens is 1. The van der Waals surface area contributed by atoms with E-state index in [2.05, 4.69) is 6.92 Å². The summed E-state index contributed by atoms with van der Waals surface area (Å²) in [4.78, 5) is 27.3. The van der Waals surface area contributed by atoms with Gasteiger partial charge < -0.3 is 9.80 Å². The monoisotopic (exact) mass is 338 g/mol. The molecule has 0 aromatic heterocycles. The summed E-state index contributed by atoms with van der Waals surface area (Å²) >= 11 is 5.97. The maximum Gasteiger partial charge on any atom is 0.224 e. The number of unbranched alkanes of at least 4 members (excludes halogenated alkanes) is 1. The van der Waals surface area contributed by atoms with Crippen molar-refractivity contribution in [3.63, 3.8) is 0 Å². The zero-order chi connectivity index (χ0) is 17.2. The van der Waals surface area contributed by atoms with Crippen LogP contribution in [0.2, 0.25) is 5.02 Å². The van der Waals surface area contributed by atoms with Crippen LogP contribution in [0.3, 0.4) is 0 Å². The second-order valence-electron chi connectivity index (χ2n) is 5.80. The van der Waals surface area contributed by atoms with Gasteiger partial charge in [0, 0.05) is 45.0 Å². The summed E-state index contributed by atoms with van der Waals surface area (Å²) in [7, 11) is 1.82. The summed E-state index contributed by atoms with van der Waals surface area (Å²) in [5.74, 6) is 0.0866. The molecule has 128 valence electrons. The Morgan fingerprint density at radius 3 is 2.52 bits per heavy atom. The van der Waals surface area contributed by atoms with Crippen molar-refractivity contribution < 1.29 is 9.59 Å². The molecule has 5 heteroatoms. The third kappa shape index (κ3) is 7.51. The molecule has 0 saturated heterocycles. The van der Waals surface area contributed by atoms with E-state index in [0.717, 1.165) is 31.4 Å². The van der Waals surface area contributed by atoms with Gasteiger partial charge in [0.15, 0.2) is 0 Å². The lowest BCUT2D eigenvalue weighted by molar-refractivity contribution is -0.132. The molecule has 0 bridgehead atoms. The first-order valence-corrected chi connectivity index (χ1v) is 8.55. The Balaban J connectivity index is 2.46. The minimum Gasteiger partial charge on any atom is -0.346 e. The zero-order valence-corrected chi connectivity index (χ0v) is 15.1. The molecule has 0 radical (unpaired) electrons. The van der Waals surface area contributed by atoms with Crippen LogP contribution in [0.4, 0.5) is 0 Å². The molecule has 1 aromatic carbocycles. The van der Waals surface area contributed by atoms with Crippen molar-refractivity contribution in [1.29, 1.82) is 0 Å². The van der Waals surface area contributed by atoms with Gasteiger partial charge in [0.05, 0.1) is 0 Å². The van der Waals surface area contributed by atoms with Crippen LogP contribution in [0.15, 0.2) is 24.3 Å². The maximum absolute atomic E-state index is 12.1. The van der Waals surface area contributed by atoms with Gasteiger partial charge in [0.1, 0.15) is 0 Å². The smallest absolute Gasteiger partial charge is 0.224 e. The molecule has 0 saturated carbocycles. The Kier molecular flexibility index (Phi) is 8.70. The topological polar surface area (TPSA) is 40.6 Å². The second-order valence-corrected chi connectivity index (χ2v) is 6.24. The lowest BCUT2D eigenvalue weighted by atomic mass is 10.1. The third-order valence-electron chi connectivity index (χ3n) is 3.87. The molecular formula is C18H27ClN2O2. The number of benzene rings is 1. The largest absolute Gasteiger partial charge is 0.346 e. The lowest BCUT2D eigenvalue weighted by Gasteiger charge is -2.23. The van der Waals surface area contributed by atoms with Crippen LogP contribution in [-0.4, -0.2) is 48.3 Å². The molecular weight excluding hydrogens is 312 g/mol. The molecule has 0 fully saturated rings. The van der Waals surface area contributed by atoms with E-state index in [1.807, 2.05) is 31.3 Å². The van der Waals surface area contributed by atoms with Crippen molar-refractivity contribution in [1.82, 2.24) is 9.80 Å². The Labute approximate surface area is 144 Å². The first kappa shape index (κ1) is 19.5. The van der Waals surface area contributed by atoms with Gasteiger partial charge in [-0.2, -0.15) is 0 Å². The second kappa shape index (κ2) is 10.3. The van der Waals surface area contributed by atoms with E-state index in [1.54, 1.807) is 16.7 Å². The van der Waals surface area contributed by atoms with Gasteiger partial charge in [0.2, 0.25) is 11.8 Å². The number of carbonyl (C=O) groups is 2. The fourth-order valence-corrected chi connectivity index (χ4v) is 2.54. The van der Waals surface area contributed by atoms with E-state index >= 15 is 0 Å². The number of rotatable bonds is 9. The zero-order valence-electron chi connectivity index (χ0n) is 14.3. The van der Waals surface area contributed by atoms with E-state index in [4.69, 9.17) is 11.6 Å². The average Bonchev–Trinajstić information content (AvgIpc) is 2.51. The fraction of sp³-hybridized carbons (Fsp3) is 0.556. The van der Waals surface area contributed by atoms with Crippen molar-refractivity contribution in [2.45, 2.75) is 39.5 Å². The Hall–Kier alpha value is -1.55. The highest BCUT2D eigenvalue weighted by Gasteiger charge is 2.13. The highest BCUT2D eigenvalue weighted by molar-refractivity contribution is 6.30.